The molecular weight excluding hydrogens is 522 g/mol. The fourth-order valence-electron chi connectivity index (χ4n) is 5.19. The van der Waals surface area contributed by atoms with Gasteiger partial charge in [-0.2, -0.15) is 0 Å². The molecule has 3 aromatic heterocycles. The highest BCUT2D eigenvalue weighted by molar-refractivity contribution is 7.23. The lowest BCUT2D eigenvalue weighted by Crippen LogP contribution is -2.04. The summed E-state index contributed by atoms with van der Waals surface area (Å²) in [5.74, 6) is -0.605. The van der Waals surface area contributed by atoms with Gasteiger partial charge in [-0.15, -0.1) is 11.3 Å². The van der Waals surface area contributed by atoms with Crippen molar-refractivity contribution in [2.24, 2.45) is 0 Å². The molecule has 8 heteroatoms. The van der Waals surface area contributed by atoms with Gasteiger partial charge in [-0.05, 0) is 47.5 Å². The molecule has 0 saturated carbocycles. The maximum atomic E-state index is 11.2. The number of fused-ring (bicyclic) bond motifs is 8. The van der Waals surface area contributed by atoms with E-state index < -0.39 is 12.2 Å². The molecule has 2 unspecified atom stereocenters. The van der Waals surface area contributed by atoms with Crippen molar-refractivity contribution in [3.05, 3.63) is 120 Å². The van der Waals surface area contributed by atoms with Gasteiger partial charge in [-0.25, -0.2) is 4.98 Å². The van der Waals surface area contributed by atoms with Crippen molar-refractivity contribution < 1.29 is 20.4 Å². The monoisotopic (exact) mass is 545 g/mol. The van der Waals surface area contributed by atoms with Crippen molar-refractivity contribution in [1.82, 2.24) is 15.0 Å². The van der Waals surface area contributed by atoms with Crippen molar-refractivity contribution in [2.75, 3.05) is 0 Å². The van der Waals surface area contributed by atoms with E-state index in [4.69, 9.17) is 4.98 Å². The van der Waals surface area contributed by atoms with Crippen molar-refractivity contribution in [1.29, 1.82) is 0 Å². The number of aliphatic hydroxyl groups is 4. The second-order valence-electron chi connectivity index (χ2n) is 9.65. The van der Waals surface area contributed by atoms with E-state index in [1.54, 1.807) is 12.1 Å². The van der Waals surface area contributed by atoms with Crippen LogP contribution in [0.4, 0.5) is 0 Å². The predicted molar refractivity (Wildman–Crippen MR) is 157 cm³/mol. The van der Waals surface area contributed by atoms with Crippen LogP contribution >= 0.6 is 11.3 Å². The lowest BCUT2D eigenvalue weighted by molar-refractivity contribution is 0.0257. The lowest BCUT2D eigenvalue weighted by Gasteiger charge is -2.11. The molecule has 196 valence electrons. The number of hydrogen-bond donors (Lipinski definition) is 5. The number of nitrogens with one attached hydrogen (secondary N) is 1. The average molecular weight is 546 g/mol. The second kappa shape index (κ2) is 9.46. The van der Waals surface area contributed by atoms with Crippen LogP contribution in [0.15, 0.2) is 97.1 Å². The molecule has 7 rings (SSSR count). The largest absolute Gasteiger partial charge is 0.503 e. The Labute approximate surface area is 232 Å². The number of nitrogens with zero attached hydrogens (tertiary/aromatic N) is 2. The van der Waals surface area contributed by atoms with Gasteiger partial charge in [0, 0.05) is 31.6 Å². The molecule has 0 saturated heterocycles. The molecule has 2 aromatic carbocycles. The first-order valence-electron chi connectivity index (χ1n) is 12.7. The Hall–Kier alpha value is -4.76. The summed E-state index contributed by atoms with van der Waals surface area (Å²) in [6, 6.07) is 30.0. The summed E-state index contributed by atoms with van der Waals surface area (Å²) in [6.45, 7) is 0. The van der Waals surface area contributed by atoms with Gasteiger partial charge in [0.2, 0.25) is 0 Å². The van der Waals surface area contributed by atoms with Gasteiger partial charge in [0.05, 0.1) is 11.4 Å². The first-order valence-corrected chi connectivity index (χ1v) is 13.5. The smallest absolute Gasteiger partial charge is 0.186 e. The molecule has 0 radical (unpaired) electrons. The molecule has 0 spiro atoms. The Morgan fingerprint density at radius 1 is 0.675 bits per heavy atom. The van der Waals surface area contributed by atoms with Gasteiger partial charge in [0.25, 0.3) is 0 Å². The fourth-order valence-corrected chi connectivity index (χ4v) is 6.21. The lowest BCUT2D eigenvalue weighted by atomic mass is 10.0. The Kier molecular flexibility index (Phi) is 5.74. The summed E-state index contributed by atoms with van der Waals surface area (Å²) in [7, 11) is 0. The third kappa shape index (κ3) is 3.97. The van der Waals surface area contributed by atoms with Crippen LogP contribution in [0.1, 0.15) is 35.0 Å². The van der Waals surface area contributed by atoms with E-state index >= 15 is 0 Å². The van der Waals surface area contributed by atoms with Crippen LogP contribution in [0.25, 0.3) is 54.2 Å². The van der Waals surface area contributed by atoms with Crippen LogP contribution in [0.3, 0.4) is 0 Å². The normalized spacial score (nSPS) is 16.9. The minimum atomic E-state index is -1.22. The minimum absolute atomic E-state index is 0.241. The van der Waals surface area contributed by atoms with Gasteiger partial charge in [0.1, 0.15) is 23.6 Å². The summed E-state index contributed by atoms with van der Waals surface area (Å²) >= 11 is 1.43. The van der Waals surface area contributed by atoms with E-state index in [1.165, 1.54) is 11.3 Å². The molecule has 0 aliphatic carbocycles. The summed E-state index contributed by atoms with van der Waals surface area (Å²) in [6.07, 6.45) is -2.42. The van der Waals surface area contributed by atoms with Crippen LogP contribution < -0.4 is 0 Å². The van der Waals surface area contributed by atoms with E-state index in [9.17, 15) is 20.4 Å². The molecule has 2 aliphatic rings. The molecule has 0 fully saturated rings. The number of aliphatic hydroxyl groups excluding tert-OH is 4. The highest BCUT2D eigenvalue weighted by atomic mass is 32.1. The van der Waals surface area contributed by atoms with Crippen molar-refractivity contribution in [2.45, 2.75) is 12.2 Å². The molecule has 2 aliphatic heterocycles. The Morgan fingerprint density at radius 2 is 1.38 bits per heavy atom. The highest BCUT2D eigenvalue weighted by Gasteiger charge is 2.32. The van der Waals surface area contributed by atoms with Crippen molar-refractivity contribution >= 4 is 43.3 Å². The number of H-pyrrole nitrogens is 1. The third-order valence-electron chi connectivity index (χ3n) is 7.11. The van der Waals surface area contributed by atoms with Crippen LogP contribution in [0, 0.1) is 0 Å². The van der Waals surface area contributed by atoms with E-state index in [-0.39, 0.29) is 22.9 Å². The molecule has 40 heavy (non-hydrogen) atoms. The molecule has 5 heterocycles. The molecule has 0 amide bonds. The number of thiophene rings is 1. The molecule has 8 bridgehead atoms. The number of aromatic amines is 1. The zero-order valence-electron chi connectivity index (χ0n) is 21.0. The van der Waals surface area contributed by atoms with Gasteiger partial charge >= 0.3 is 0 Å². The average Bonchev–Trinajstić information content (AvgIpc) is 3.74. The third-order valence-corrected chi connectivity index (χ3v) is 8.16. The summed E-state index contributed by atoms with van der Waals surface area (Å²) in [4.78, 5) is 12.7. The second-order valence-corrected chi connectivity index (χ2v) is 10.8. The zero-order valence-corrected chi connectivity index (χ0v) is 21.8. The molecule has 2 atom stereocenters. The van der Waals surface area contributed by atoms with E-state index in [0.717, 1.165) is 20.5 Å². The van der Waals surface area contributed by atoms with Gasteiger partial charge in [0.15, 0.2) is 11.5 Å². The molecule has 7 nitrogen and oxygen atoms in total. The molecule has 5 N–H and O–H groups in total. The summed E-state index contributed by atoms with van der Waals surface area (Å²) in [5.41, 5.74) is 5.44. The number of benzene rings is 2. The standard InChI is InChI=1S/C32H23N3O4S/c36-29-22-15-19-11-13-21(33-19)25(17-7-3-1-4-8-17)27-31(38)30(37)23(35-27)16-20-12-14-24(40-20)26(28(34-22)32(29)39)18-9-5-2-6-10-18/h1-16,29,32-33,36-39H. The SMILES string of the molecule is OC1=C(O)c2nc1cc1ccc(s1)c(-c1ccccc1)c1nc(cc3ccc([nH]3)c2-c2ccccc2)C(O)C1O. The van der Waals surface area contributed by atoms with Crippen LogP contribution in [-0.4, -0.2) is 35.4 Å². The molecule has 5 aromatic rings. The maximum Gasteiger partial charge on any atom is 0.186 e. The number of rotatable bonds is 2. The van der Waals surface area contributed by atoms with Gasteiger partial charge in [-0.3, -0.25) is 4.98 Å². The summed E-state index contributed by atoms with van der Waals surface area (Å²) in [5, 5.41) is 44.1. The maximum absolute atomic E-state index is 11.2. The van der Waals surface area contributed by atoms with Crippen molar-refractivity contribution in [3.63, 3.8) is 0 Å². The minimum Gasteiger partial charge on any atom is -0.503 e. The zero-order chi connectivity index (χ0) is 27.4. The van der Waals surface area contributed by atoms with Crippen LogP contribution in [-0.2, 0) is 0 Å². The summed E-state index contributed by atoms with van der Waals surface area (Å²) < 4.78 is 1.60. The Bertz CT molecular complexity index is 1960. The number of aromatic nitrogens is 3. The first-order chi connectivity index (χ1) is 19.5. The van der Waals surface area contributed by atoms with Crippen LogP contribution in [0.2, 0.25) is 0 Å². The van der Waals surface area contributed by atoms with Crippen molar-refractivity contribution in [3.8, 4) is 22.3 Å². The number of hydrogen-bond acceptors (Lipinski definition) is 7. The Morgan fingerprint density at radius 3 is 2.10 bits per heavy atom. The van der Waals surface area contributed by atoms with E-state index in [0.29, 0.717) is 33.5 Å². The molecular formula is C32H23N3O4S. The van der Waals surface area contributed by atoms with E-state index in [1.807, 2.05) is 84.9 Å². The van der Waals surface area contributed by atoms with Gasteiger partial charge < -0.3 is 25.4 Å². The van der Waals surface area contributed by atoms with Crippen LogP contribution in [0.5, 0.6) is 0 Å². The predicted octanol–water partition coefficient (Wildman–Crippen LogP) is 7.09. The first kappa shape index (κ1) is 24.3. The Balaban J connectivity index is 1.64. The topological polar surface area (TPSA) is 122 Å². The highest BCUT2D eigenvalue weighted by Crippen LogP contribution is 2.42. The van der Waals surface area contributed by atoms with Gasteiger partial charge in [-0.1, -0.05) is 60.7 Å². The fraction of sp³-hybridized carbons (Fsp3) is 0.0625. The quantitative estimate of drug-likeness (QED) is 0.161. The van der Waals surface area contributed by atoms with E-state index in [2.05, 4.69) is 9.97 Å².